The Morgan fingerprint density at radius 2 is 1.97 bits per heavy atom. The summed E-state index contributed by atoms with van der Waals surface area (Å²) < 4.78 is 45.9. The number of benzene rings is 1. The van der Waals surface area contributed by atoms with Crippen LogP contribution in [0.25, 0.3) is 0 Å². The topological polar surface area (TPSA) is 94.9 Å². The SMILES string of the molecule is CN1C(=O)N[C@@H](c2ccccc2C(F)(F)F)C2=C1CN(CCC(=O)NCc1ccco1)C2=O. The van der Waals surface area contributed by atoms with Gasteiger partial charge in [-0.15, -0.1) is 0 Å². The minimum Gasteiger partial charge on any atom is -0.467 e. The third-order valence-electron chi connectivity index (χ3n) is 5.66. The number of nitrogens with zero attached hydrogens (tertiary/aromatic N) is 2. The Balaban J connectivity index is 1.52. The summed E-state index contributed by atoms with van der Waals surface area (Å²) in [6.45, 7) is 0.270. The third-order valence-corrected chi connectivity index (χ3v) is 5.66. The first kappa shape index (κ1) is 22.4. The van der Waals surface area contributed by atoms with Gasteiger partial charge in [0.1, 0.15) is 5.76 Å². The second kappa shape index (κ2) is 8.64. The van der Waals surface area contributed by atoms with E-state index < -0.39 is 29.7 Å². The zero-order valence-electron chi connectivity index (χ0n) is 17.6. The molecule has 33 heavy (non-hydrogen) atoms. The first-order chi connectivity index (χ1) is 15.7. The summed E-state index contributed by atoms with van der Waals surface area (Å²) in [4.78, 5) is 40.4. The van der Waals surface area contributed by atoms with Crippen molar-refractivity contribution in [3.63, 3.8) is 0 Å². The molecule has 1 aromatic heterocycles. The summed E-state index contributed by atoms with van der Waals surface area (Å²) in [5, 5.41) is 5.19. The first-order valence-electron chi connectivity index (χ1n) is 10.2. The fourth-order valence-corrected chi connectivity index (χ4v) is 3.97. The second-order valence-electron chi connectivity index (χ2n) is 7.72. The number of hydrogen-bond acceptors (Lipinski definition) is 4. The second-order valence-corrected chi connectivity index (χ2v) is 7.72. The van der Waals surface area contributed by atoms with Crippen molar-refractivity contribution in [2.45, 2.75) is 25.2 Å². The number of alkyl halides is 3. The third kappa shape index (κ3) is 4.43. The standard InChI is InChI=1S/C22H21F3N4O4/c1-28-16-12-29(9-8-17(30)26-11-13-5-4-10-33-13)20(31)18(16)19(27-21(28)32)14-6-2-3-7-15(14)22(23,24)25/h2-7,10,19H,8-9,11-12H2,1H3,(H,26,30)(H,27,32)/t19-/m0/s1. The van der Waals surface area contributed by atoms with Crippen molar-refractivity contribution in [1.29, 1.82) is 0 Å². The Morgan fingerprint density at radius 1 is 1.21 bits per heavy atom. The maximum Gasteiger partial charge on any atom is 0.416 e. The number of furan rings is 1. The van der Waals surface area contributed by atoms with Gasteiger partial charge in [0.05, 0.1) is 42.2 Å². The zero-order valence-corrected chi connectivity index (χ0v) is 17.6. The summed E-state index contributed by atoms with van der Waals surface area (Å²) >= 11 is 0. The van der Waals surface area contributed by atoms with E-state index in [1.165, 1.54) is 41.3 Å². The van der Waals surface area contributed by atoms with Crippen LogP contribution in [0.2, 0.25) is 0 Å². The molecule has 4 rings (SSSR count). The molecule has 3 heterocycles. The molecule has 2 aliphatic rings. The minimum absolute atomic E-state index is 0.0120. The molecule has 0 fully saturated rings. The molecule has 11 heteroatoms. The number of likely N-dealkylation sites (N-methyl/N-ethyl adjacent to an activating group) is 1. The number of halogens is 3. The van der Waals surface area contributed by atoms with E-state index in [-0.39, 0.29) is 43.1 Å². The molecule has 0 radical (unpaired) electrons. The van der Waals surface area contributed by atoms with Gasteiger partial charge < -0.3 is 20.0 Å². The quantitative estimate of drug-likeness (QED) is 0.690. The highest BCUT2D eigenvalue weighted by Gasteiger charge is 2.45. The van der Waals surface area contributed by atoms with Crippen LogP contribution < -0.4 is 10.6 Å². The van der Waals surface area contributed by atoms with Crippen molar-refractivity contribution in [1.82, 2.24) is 20.4 Å². The van der Waals surface area contributed by atoms with Crippen LogP contribution in [0.3, 0.4) is 0 Å². The van der Waals surface area contributed by atoms with Crippen LogP contribution in [0.1, 0.15) is 29.3 Å². The van der Waals surface area contributed by atoms with E-state index in [2.05, 4.69) is 10.6 Å². The highest BCUT2D eigenvalue weighted by molar-refractivity contribution is 6.01. The van der Waals surface area contributed by atoms with Crippen LogP contribution >= 0.6 is 0 Å². The Hall–Kier alpha value is -3.76. The van der Waals surface area contributed by atoms with Crippen molar-refractivity contribution < 1.29 is 32.0 Å². The van der Waals surface area contributed by atoms with Gasteiger partial charge in [-0.05, 0) is 23.8 Å². The van der Waals surface area contributed by atoms with E-state index in [1.54, 1.807) is 12.1 Å². The molecule has 0 bridgehead atoms. The largest absolute Gasteiger partial charge is 0.467 e. The van der Waals surface area contributed by atoms with Gasteiger partial charge >= 0.3 is 12.2 Å². The Bertz CT molecular complexity index is 1110. The van der Waals surface area contributed by atoms with Gasteiger partial charge in [0.2, 0.25) is 5.91 Å². The van der Waals surface area contributed by atoms with Crippen molar-refractivity contribution >= 4 is 17.8 Å². The predicted molar refractivity (Wildman–Crippen MR) is 109 cm³/mol. The van der Waals surface area contributed by atoms with E-state index in [0.29, 0.717) is 11.5 Å². The Morgan fingerprint density at radius 3 is 2.67 bits per heavy atom. The Kier molecular flexibility index (Phi) is 5.88. The van der Waals surface area contributed by atoms with Crippen molar-refractivity contribution in [3.05, 3.63) is 70.8 Å². The lowest BCUT2D eigenvalue weighted by molar-refractivity contribution is -0.138. The average molecular weight is 462 g/mol. The van der Waals surface area contributed by atoms with Crippen molar-refractivity contribution in [3.8, 4) is 0 Å². The molecule has 8 nitrogen and oxygen atoms in total. The molecule has 1 atom stereocenters. The number of carbonyl (C=O) groups is 3. The molecular formula is C22H21F3N4O4. The van der Waals surface area contributed by atoms with Gasteiger partial charge in [-0.3, -0.25) is 14.5 Å². The molecule has 0 saturated heterocycles. The van der Waals surface area contributed by atoms with Crippen LogP contribution in [-0.4, -0.2) is 47.8 Å². The number of urea groups is 1. The maximum atomic E-state index is 13.6. The molecule has 4 amide bonds. The fourth-order valence-electron chi connectivity index (χ4n) is 3.97. The molecule has 0 saturated carbocycles. The summed E-state index contributed by atoms with van der Waals surface area (Å²) in [5.41, 5.74) is -0.730. The molecule has 174 valence electrons. The van der Waals surface area contributed by atoms with Crippen LogP contribution in [-0.2, 0) is 22.3 Å². The normalized spacial score (nSPS) is 18.5. The summed E-state index contributed by atoms with van der Waals surface area (Å²) in [6.07, 6.45) is -3.18. The lowest BCUT2D eigenvalue weighted by atomic mass is 9.92. The lowest BCUT2D eigenvalue weighted by Gasteiger charge is -2.32. The Labute approximate surface area is 187 Å². The summed E-state index contributed by atoms with van der Waals surface area (Å²) in [7, 11) is 1.45. The molecule has 0 spiro atoms. The molecule has 2 N–H and O–H groups in total. The number of amides is 4. The van der Waals surface area contributed by atoms with Crippen LogP contribution in [0.5, 0.6) is 0 Å². The highest BCUT2D eigenvalue weighted by atomic mass is 19.4. The number of nitrogens with one attached hydrogen (secondary N) is 2. The fraction of sp³-hybridized carbons (Fsp3) is 0.318. The van der Waals surface area contributed by atoms with Gasteiger partial charge in [-0.2, -0.15) is 13.2 Å². The number of rotatable bonds is 6. The van der Waals surface area contributed by atoms with Crippen LogP contribution in [0.4, 0.5) is 18.0 Å². The van der Waals surface area contributed by atoms with Gasteiger partial charge in [-0.1, -0.05) is 18.2 Å². The molecule has 2 aliphatic heterocycles. The average Bonchev–Trinajstić information content (AvgIpc) is 3.41. The van der Waals surface area contributed by atoms with Crippen molar-refractivity contribution in [2.24, 2.45) is 0 Å². The molecular weight excluding hydrogens is 441 g/mol. The van der Waals surface area contributed by atoms with E-state index in [1.807, 2.05) is 0 Å². The molecule has 2 aromatic rings. The van der Waals surface area contributed by atoms with E-state index >= 15 is 0 Å². The smallest absolute Gasteiger partial charge is 0.416 e. The molecule has 0 unspecified atom stereocenters. The predicted octanol–water partition coefficient (Wildman–Crippen LogP) is 2.80. The lowest BCUT2D eigenvalue weighted by Crippen LogP contribution is -2.45. The van der Waals surface area contributed by atoms with Crippen LogP contribution in [0, 0.1) is 0 Å². The summed E-state index contributed by atoms with van der Waals surface area (Å²) in [5.74, 6) is -0.252. The van der Waals surface area contributed by atoms with Gasteiger partial charge in [0.15, 0.2) is 0 Å². The maximum absolute atomic E-state index is 13.6. The van der Waals surface area contributed by atoms with Gasteiger partial charge in [-0.25, -0.2) is 4.79 Å². The van der Waals surface area contributed by atoms with E-state index in [9.17, 15) is 27.6 Å². The molecule has 1 aromatic carbocycles. The minimum atomic E-state index is -4.65. The van der Waals surface area contributed by atoms with E-state index in [4.69, 9.17) is 4.42 Å². The molecule has 0 aliphatic carbocycles. The summed E-state index contributed by atoms with van der Waals surface area (Å²) in [6, 6.07) is 6.40. The number of carbonyl (C=O) groups excluding carboxylic acids is 3. The highest BCUT2D eigenvalue weighted by Crippen LogP contribution is 2.41. The monoisotopic (exact) mass is 462 g/mol. The van der Waals surface area contributed by atoms with Gasteiger partial charge in [0.25, 0.3) is 5.91 Å². The van der Waals surface area contributed by atoms with Gasteiger partial charge in [0, 0.05) is 20.0 Å². The van der Waals surface area contributed by atoms with E-state index in [0.717, 1.165) is 6.07 Å². The number of hydrogen-bond donors (Lipinski definition) is 2. The zero-order chi connectivity index (χ0) is 23.8. The first-order valence-corrected chi connectivity index (χ1v) is 10.2. The van der Waals surface area contributed by atoms with Crippen molar-refractivity contribution in [2.75, 3.05) is 20.1 Å². The van der Waals surface area contributed by atoms with Crippen LogP contribution in [0.15, 0.2) is 58.3 Å².